The van der Waals surface area contributed by atoms with Crippen molar-refractivity contribution in [1.82, 2.24) is 15.2 Å². The largest absolute Gasteiger partial charge is 0.437 e. The van der Waals surface area contributed by atoms with Crippen molar-refractivity contribution in [2.75, 3.05) is 6.54 Å². The van der Waals surface area contributed by atoms with Crippen LogP contribution in [0, 0.1) is 17.7 Å². The predicted octanol–water partition coefficient (Wildman–Crippen LogP) is 3.86. The number of nitrogens with one attached hydrogen (secondary N) is 1. The zero-order chi connectivity index (χ0) is 30.6. The van der Waals surface area contributed by atoms with E-state index < -0.39 is 67.0 Å². The maximum absolute atomic E-state index is 14.9. The number of amides is 2. The van der Waals surface area contributed by atoms with Crippen molar-refractivity contribution in [3.63, 3.8) is 0 Å². The Hall–Kier alpha value is -3.30. The maximum atomic E-state index is 14.9. The lowest BCUT2D eigenvalue weighted by molar-refractivity contribution is -0.350. The Labute approximate surface area is 233 Å². The van der Waals surface area contributed by atoms with Gasteiger partial charge in [-0.1, -0.05) is 6.07 Å². The molecule has 2 aromatic rings. The molecular formula is C26H21F8N3O4S. The Bertz CT molecular complexity index is 1600. The fourth-order valence-corrected chi connectivity index (χ4v) is 9.21. The molecule has 2 unspecified atom stereocenters. The van der Waals surface area contributed by atoms with E-state index in [1.807, 2.05) is 0 Å². The molecule has 4 aliphatic rings. The summed E-state index contributed by atoms with van der Waals surface area (Å²) in [6.45, 7) is -0.193. The SMILES string of the molecule is O=C1N[C@H](C(=O)N2CCC3(S(=O)(=O)c4cccc(F)c4)c4cnc(C(F)(C(F)(F)F)C(F)(F)F)cc4CCC23)[C@H]2C[C@@H]12. The first-order valence-corrected chi connectivity index (χ1v) is 14.4. The molecule has 2 amide bonds. The second-order valence-corrected chi connectivity index (χ2v) is 13.3. The number of benzene rings is 1. The van der Waals surface area contributed by atoms with Gasteiger partial charge in [0.1, 0.15) is 16.6 Å². The number of fused-ring (bicyclic) bond motifs is 4. The summed E-state index contributed by atoms with van der Waals surface area (Å²) in [5.74, 6) is -2.42. The van der Waals surface area contributed by atoms with Crippen molar-refractivity contribution in [2.24, 2.45) is 11.8 Å². The Morgan fingerprint density at radius 3 is 2.33 bits per heavy atom. The van der Waals surface area contributed by atoms with E-state index >= 15 is 0 Å². The molecule has 42 heavy (non-hydrogen) atoms. The molecule has 2 saturated heterocycles. The van der Waals surface area contributed by atoms with E-state index in [2.05, 4.69) is 10.3 Å². The highest BCUT2D eigenvalue weighted by molar-refractivity contribution is 7.92. The number of nitrogens with zero attached hydrogens (tertiary/aromatic N) is 2. The molecule has 3 heterocycles. The Balaban J connectivity index is 1.50. The van der Waals surface area contributed by atoms with Gasteiger partial charge >= 0.3 is 18.0 Å². The first kappa shape index (κ1) is 28.8. The maximum Gasteiger partial charge on any atom is 0.437 e. The fraction of sp³-hybridized carbons (Fsp3) is 0.500. The van der Waals surface area contributed by atoms with Gasteiger partial charge in [-0.15, -0.1) is 0 Å². The van der Waals surface area contributed by atoms with Crippen molar-refractivity contribution >= 4 is 21.7 Å². The molecule has 1 aromatic carbocycles. The quantitative estimate of drug-likeness (QED) is 0.523. The Morgan fingerprint density at radius 1 is 1.07 bits per heavy atom. The molecule has 0 radical (unpaired) electrons. The van der Waals surface area contributed by atoms with E-state index in [4.69, 9.17) is 0 Å². The van der Waals surface area contributed by atoms with Gasteiger partial charge in [-0.3, -0.25) is 14.6 Å². The van der Waals surface area contributed by atoms with Crippen molar-refractivity contribution < 1.29 is 53.1 Å². The average Bonchev–Trinajstić information content (AvgIpc) is 3.49. The zero-order valence-electron chi connectivity index (χ0n) is 21.3. The van der Waals surface area contributed by atoms with Gasteiger partial charge in [0, 0.05) is 24.6 Å². The van der Waals surface area contributed by atoms with Crippen LogP contribution in [0.2, 0.25) is 0 Å². The summed E-state index contributed by atoms with van der Waals surface area (Å²) < 4.78 is 136. The molecule has 6 rings (SSSR count). The van der Waals surface area contributed by atoms with Gasteiger partial charge in [0.05, 0.1) is 16.6 Å². The lowest BCUT2D eigenvalue weighted by atomic mass is 9.78. The number of hydrogen-bond donors (Lipinski definition) is 1. The molecule has 226 valence electrons. The molecule has 5 atom stereocenters. The predicted molar refractivity (Wildman–Crippen MR) is 126 cm³/mol. The summed E-state index contributed by atoms with van der Waals surface area (Å²) in [5.41, 5.74) is -8.46. The van der Waals surface area contributed by atoms with Crippen LogP contribution >= 0.6 is 0 Å². The lowest BCUT2D eigenvalue weighted by Crippen LogP contribution is -2.56. The third-order valence-electron chi connectivity index (χ3n) is 8.94. The third kappa shape index (κ3) is 3.75. The van der Waals surface area contributed by atoms with Gasteiger partial charge in [0.25, 0.3) is 0 Å². The van der Waals surface area contributed by atoms with Crippen LogP contribution in [0.25, 0.3) is 0 Å². The van der Waals surface area contributed by atoms with E-state index in [-0.39, 0.29) is 60.7 Å². The van der Waals surface area contributed by atoms with Crippen molar-refractivity contribution in [1.29, 1.82) is 0 Å². The van der Waals surface area contributed by atoms with Crippen molar-refractivity contribution in [2.45, 2.75) is 65.4 Å². The van der Waals surface area contributed by atoms with Gasteiger partial charge in [-0.2, -0.15) is 26.3 Å². The zero-order valence-corrected chi connectivity index (χ0v) is 22.1. The summed E-state index contributed by atoms with van der Waals surface area (Å²) >= 11 is 0. The summed E-state index contributed by atoms with van der Waals surface area (Å²) in [6, 6.07) is 2.06. The van der Waals surface area contributed by atoms with Crippen LogP contribution in [0.5, 0.6) is 0 Å². The Kier molecular flexibility index (Phi) is 6.08. The van der Waals surface area contributed by atoms with Crippen LogP contribution in [-0.4, -0.2) is 61.1 Å². The summed E-state index contributed by atoms with van der Waals surface area (Å²) in [6.07, 6.45) is -12.8. The fourth-order valence-electron chi connectivity index (χ4n) is 6.82. The van der Waals surface area contributed by atoms with Crippen LogP contribution in [0.15, 0.2) is 41.4 Å². The van der Waals surface area contributed by atoms with Crippen LogP contribution in [0.3, 0.4) is 0 Å². The second-order valence-electron chi connectivity index (χ2n) is 11.1. The average molecular weight is 624 g/mol. The van der Waals surface area contributed by atoms with Gasteiger partial charge < -0.3 is 10.2 Å². The number of aromatic nitrogens is 1. The molecule has 1 N–H and O–H groups in total. The number of aryl methyl sites for hydroxylation is 1. The number of pyridine rings is 1. The van der Waals surface area contributed by atoms with Gasteiger partial charge in [0.2, 0.25) is 11.8 Å². The minimum atomic E-state index is -6.43. The number of alkyl halides is 7. The number of halogens is 8. The van der Waals surface area contributed by atoms with Crippen LogP contribution in [-0.2, 0) is 36.3 Å². The summed E-state index contributed by atoms with van der Waals surface area (Å²) in [5, 5.41) is 2.59. The molecule has 0 spiro atoms. The highest BCUT2D eigenvalue weighted by atomic mass is 32.2. The number of hydrogen-bond acceptors (Lipinski definition) is 5. The molecule has 1 aromatic heterocycles. The highest BCUT2D eigenvalue weighted by Crippen LogP contribution is 2.56. The number of carbonyl (C=O) groups excluding carboxylic acids is 2. The Morgan fingerprint density at radius 2 is 1.76 bits per heavy atom. The highest BCUT2D eigenvalue weighted by Gasteiger charge is 2.75. The van der Waals surface area contributed by atoms with Crippen molar-refractivity contribution in [3.8, 4) is 0 Å². The molecular weight excluding hydrogens is 602 g/mol. The van der Waals surface area contributed by atoms with E-state index in [1.54, 1.807) is 0 Å². The van der Waals surface area contributed by atoms with Crippen LogP contribution in [0.1, 0.15) is 36.1 Å². The summed E-state index contributed by atoms with van der Waals surface area (Å²) in [7, 11) is -4.70. The number of rotatable bonds is 4. The first-order valence-electron chi connectivity index (χ1n) is 12.9. The standard InChI is InChI=1S/C26H21F8N3O4S/c27-13-2-1-3-14(9-13)42(40,41)23-6-7-37(22(39)20-15-10-16(15)21(38)36-20)19(23)5-4-12-8-18(35-11-17(12)23)24(28,25(29,30)31)26(32,33)34/h1-3,8-9,11,15-16,19-20H,4-7,10H2,(H,36,38)/t15-,16+,19?,20-,23?/m0/s1. The van der Waals surface area contributed by atoms with Crippen LogP contribution < -0.4 is 5.32 Å². The van der Waals surface area contributed by atoms with E-state index in [0.717, 1.165) is 18.2 Å². The molecule has 16 heteroatoms. The molecule has 7 nitrogen and oxygen atoms in total. The smallest absolute Gasteiger partial charge is 0.344 e. The molecule has 2 aliphatic carbocycles. The minimum absolute atomic E-state index is 0.193. The van der Waals surface area contributed by atoms with E-state index in [1.165, 1.54) is 4.90 Å². The second kappa shape index (κ2) is 8.86. The lowest BCUT2D eigenvalue weighted by Gasteiger charge is -2.43. The van der Waals surface area contributed by atoms with Gasteiger partial charge in [-0.05, 0) is 61.1 Å². The minimum Gasteiger partial charge on any atom is -0.344 e. The normalized spacial score (nSPS) is 29.0. The molecule has 1 saturated carbocycles. The first-order chi connectivity index (χ1) is 19.4. The molecule has 3 fully saturated rings. The number of piperidine rings is 1. The van der Waals surface area contributed by atoms with Gasteiger partial charge in [0.15, 0.2) is 9.84 Å². The van der Waals surface area contributed by atoms with Crippen molar-refractivity contribution in [3.05, 3.63) is 59.2 Å². The number of sulfone groups is 1. The van der Waals surface area contributed by atoms with Gasteiger partial charge in [-0.25, -0.2) is 17.2 Å². The third-order valence-corrected chi connectivity index (χ3v) is 11.5. The van der Waals surface area contributed by atoms with E-state index in [0.29, 0.717) is 18.7 Å². The van der Waals surface area contributed by atoms with E-state index in [9.17, 15) is 53.1 Å². The number of likely N-dealkylation sites (tertiary alicyclic amines) is 1. The topological polar surface area (TPSA) is 96.4 Å². The van der Waals surface area contributed by atoms with Crippen LogP contribution in [0.4, 0.5) is 35.1 Å². The number of carbonyl (C=O) groups is 2. The molecule has 2 aliphatic heterocycles. The monoisotopic (exact) mass is 623 g/mol. The molecule has 0 bridgehead atoms. The summed E-state index contributed by atoms with van der Waals surface area (Å²) in [4.78, 5) is 29.6.